The number of amides is 2. The van der Waals surface area contributed by atoms with E-state index < -0.39 is 17.4 Å². The van der Waals surface area contributed by atoms with E-state index in [1.54, 1.807) is 24.3 Å². The first-order valence-electron chi connectivity index (χ1n) is 8.41. The second kappa shape index (κ2) is 7.38. The number of benzene rings is 2. The Labute approximate surface area is 151 Å². The van der Waals surface area contributed by atoms with Gasteiger partial charge in [0.15, 0.2) is 0 Å². The molecular formula is C20H19N3O3. The smallest absolute Gasteiger partial charge is 0.313 e. The SMILES string of the molecule is N#Cc1ccccc1NC(=O)C(=O)NC[C@@](O)(c1ccccc1)C1CC1. The van der Waals surface area contributed by atoms with Crippen LogP contribution in [0.25, 0.3) is 0 Å². The standard InChI is InChI=1S/C20H19N3O3/c21-12-14-6-4-5-9-17(14)23-19(25)18(24)22-13-20(26,16-10-11-16)15-7-2-1-3-8-15/h1-9,16,26H,10-11,13H2,(H,22,24)(H,23,25)/t20-/m1/s1. The zero-order valence-corrected chi connectivity index (χ0v) is 14.1. The molecule has 6 heteroatoms. The largest absolute Gasteiger partial charge is 0.383 e. The number of anilines is 1. The predicted octanol–water partition coefficient (Wildman–Crippen LogP) is 1.91. The molecule has 1 aliphatic carbocycles. The highest BCUT2D eigenvalue weighted by atomic mass is 16.3. The summed E-state index contributed by atoms with van der Waals surface area (Å²) in [5.41, 5.74) is 0.0722. The first-order chi connectivity index (χ1) is 12.5. The Bertz CT molecular complexity index is 856. The van der Waals surface area contributed by atoms with Crippen molar-refractivity contribution < 1.29 is 14.7 Å². The average Bonchev–Trinajstić information content (AvgIpc) is 3.52. The van der Waals surface area contributed by atoms with Crippen molar-refractivity contribution in [2.45, 2.75) is 18.4 Å². The minimum Gasteiger partial charge on any atom is -0.383 e. The number of rotatable bonds is 5. The van der Waals surface area contributed by atoms with Crippen LogP contribution in [0.15, 0.2) is 54.6 Å². The van der Waals surface area contributed by atoms with E-state index in [1.165, 1.54) is 0 Å². The maximum Gasteiger partial charge on any atom is 0.313 e. The summed E-state index contributed by atoms with van der Waals surface area (Å²) in [6, 6.07) is 17.5. The summed E-state index contributed by atoms with van der Waals surface area (Å²) in [5, 5.41) is 25.0. The van der Waals surface area contributed by atoms with Crippen molar-refractivity contribution >= 4 is 17.5 Å². The van der Waals surface area contributed by atoms with Crippen LogP contribution in [0.4, 0.5) is 5.69 Å². The van der Waals surface area contributed by atoms with E-state index in [0.29, 0.717) is 0 Å². The first-order valence-corrected chi connectivity index (χ1v) is 8.41. The number of aliphatic hydroxyl groups is 1. The number of nitrogens with one attached hydrogen (secondary N) is 2. The highest BCUT2D eigenvalue weighted by Gasteiger charge is 2.45. The third kappa shape index (κ3) is 3.73. The summed E-state index contributed by atoms with van der Waals surface area (Å²) in [5.74, 6) is -1.67. The topological polar surface area (TPSA) is 102 Å². The number of carbonyl (C=O) groups is 2. The van der Waals surface area contributed by atoms with Crippen LogP contribution in [0.5, 0.6) is 0 Å². The minimum absolute atomic E-state index is 0.0478. The average molecular weight is 349 g/mol. The van der Waals surface area contributed by atoms with Gasteiger partial charge in [-0.25, -0.2) is 0 Å². The molecule has 0 saturated heterocycles. The van der Waals surface area contributed by atoms with Gasteiger partial charge in [0.05, 0.1) is 17.8 Å². The maximum atomic E-state index is 12.2. The Balaban J connectivity index is 1.66. The fourth-order valence-corrected chi connectivity index (χ4v) is 2.93. The minimum atomic E-state index is -1.19. The Kier molecular flexibility index (Phi) is 5.01. The molecule has 1 aliphatic rings. The molecule has 0 aromatic heterocycles. The molecule has 0 bridgehead atoms. The summed E-state index contributed by atoms with van der Waals surface area (Å²) < 4.78 is 0. The number of para-hydroxylation sites is 1. The molecule has 0 spiro atoms. The lowest BCUT2D eigenvalue weighted by Crippen LogP contribution is -2.45. The van der Waals surface area contributed by atoms with Gasteiger partial charge in [0.2, 0.25) is 0 Å². The van der Waals surface area contributed by atoms with E-state index in [-0.39, 0.29) is 23.7 Å². The van der Waals surface area contributed by atoms with Gasteiger partial charge in [0.25, 0.3) is 0 Å². The summed E-state index contributed by atoms with van der Waals surface area (Å²) in [6.07, 6.45) is 1.76. The summed E-state index contributed by atoms with van der Waals surface area (Å²) in [4.78, 5) is 24.3. The van der Waals surface area contributed by atoms with Crippen molar-refractivity contribution in [3.63, 3.8) is 0 Å². The molecule has 2 aromatic rings. The molecule has 3 N–H and O–H groups in total. The third-order valence-electron chi connectivity index (χ3n) is 4.55. The summed E-state index contributed by atoms with van der Waals surface area (Å²) >= 11 is 0. The number of nitriles is 1. The summed E-state index contributed by atoms with van der Waals surface area (Å²) in [6.45, 7) is -0.0478. The van der Waals surface area contributed by atoms with Gasteiger partial charge < -0.3 is 15.7 Å². The van der Waals surface area contributed by atoms with Gasteiger partial charge in [-0.15, -0.1) is 0 Å². The molecule has 3 rings (SSSR count). The summed E-state index contributed by atoms with van der Waals surface area (Å²) in [7, 11) is 0. The molecule has 2 amide bonds. The van der Waals surface area contributed by atoms with E-state index >= 15 is 0 Å². The van der Waals surface area contributed by atoms with Crippen molar-refractivity contribution in [2.75, 3.05) is 11.9 Å². The van der Waals surface area contributed by atoms with E-state index in [9.17, 15) is 14.7 Å². The molecule has 6 nitrogen and oxygen atoms in total. The fraction of sp³-hybridized carbons (Fsp3) is 0.250. The third-order valence-corrected chi connectivity index (χ3v) is 4.55. The van der Waals surface area contributed by atoms with Gasteiger partial charge >= 0.3 is 11.8 Å². The van der Waals surface area contributed by atoms with Gasteiger partial charge in [-0.3, -0.25) is 9.59 Å². The number of carbonyl (C=O) groups excluding carboxylic acids is 2. The van der Waals surface area contributed by atoms with E-state index in [2.05, 4.69) is 10.6 Å². The van der Waals surface area contributed by atoms with Crippen LogP contribution in [0, 0.1) is 17.2 Å². The van der Waals surface area contributed by atoms with Gasteiger partial charge in [-0.1, -0.05) is 42.5 Å². The molecule has 0 unspecified atom stereocenters. The van der Waals surface area contributed by atoms with Gasteiger partial charge in [-0.05, 0) is 36.5 Å². The lowest BCUT2D eigenvalue weighted by Gasteiger charge is -2.29. The molecule has 132 valence electrons. The lowest BCUT2D eigenvalue weighted by atomic mass is 9.88. The highest BCUT2D eigenvalue weighted by Crippen LogP contribution is 2.45. The molecule has 0 aliphatic heterocycles. The van der Waals surface area contributed by atoms with Crippen LogP contribution in [-0.4, -0.2) is 23.5 Å². The highest BCUT2D eigenvalue weighted by molar-refractivity contribution is 6.39. The van der Waals surface area contributed by atoms with Gasteiger partial charge in [0.1, 0.15) is 11.7 Å². The van der Waals surface area contributed by atoms with Crippen LogP contribution in [-0.2, 0) is 15.2 Å². The molecular weight excluding hydrogens is 330 g/mol. The zero-order valence-electron chi connectivity index (χ0n) is 14.1. The molecule has 1 fully saturated rings. The van der Waals surface area contributed by atoms with E-state index in [4.69, 9.17) is 5.26 Å². The second-order valence-electron chi connectivity index (χ2n) is 6.36. The molecule has 2 aromatic carbocycles. The Morgan fingerprint density at radius 3 is 2.38 bits per heavy atom. The Morgan fingerprint density at radius 1 is 1.08 bits per heavy atom. The van der Waals surface area contributed by atoms with Crippen LogP contribution in [0.2, 0.25) is 0 Å². The quantitative estimate of drug-likeness (QED) is 0.718. The zero-order chi connectivity index (χ0) is 18.6. The van der Waals surface area contributed by atoms with Crippen LogP contribution in [0.1, 0.15) is 24.0 Å². The molecule has 1 atom stereocenters. The molecule has 0 heterocycles. The van der Waals surface area contributed by atoms with Crippen molar-refractivity contribution in [1.29, 1.82) is 5.26 Å². The van der Waals surface area contributed by atoms with Gasteiger partial charge in [0, 0.05) is 0 Å². The van der Waals surface area contributed by atoms with Crippen LogP contribution in [0.3, 0.4) is 0 Å². The Hall–Kier alpha value is -3.17. The Morgan fingerprint density at radius 2 is 1.73 bits per heavy atom. The normalized spacial score (nSPS) is 15.4. The number of hydrogen-bond donors (Lipinski definition) is 3. The van der Waals surface area contributed by atoms with E-state index in [0.717, 1.165) is 18.4 Å². The first kappa shape index (κ1) is 17.6. The van der Waals surface area contributed by atoms with E-state index in [1.807, 2.05) is 36.4 Å². The van der Waals surface area contributed by atoms with Gasteiger partial charge in [-0.2, -0.15) is 5.26 Å². The fourth-order valence-electron chi connectivity index (χ4n) is 2.93. The van der Waals surface area contributed by atoms with Crippen molar-refractivity contribution in [3.8, 4) is 6.07 Å². The van der Waals surface area contributed by atoms with Crippen molar-refractivity contribution in [3.05, 3.63) is 65.7 Å². The predicted molar refractivity (Wildman–Crippen MR) is 95.9 cm³/mol. The van der Waals surface area contributed by atoms with Crippen molar-refractivity contribution in [1.82, 2.24) is 5.32 Å². The van der Waals surface area contributed by atoms with Crippen molar-refractivity contribution in [2.24, 2.45) is 5.92 Å². The molecule has 26 heavy (non-hydrogen) atoms. The number of hydrogen-bond acceptors (Lipinski definition) is 4. The number of nitrogens with zero attached hydrogens (tertiary/aromatic N) is 1. The molecule has 0 radical (unpaired) electrons. The second-order valence-corrected chi connectivity index (χ2v) is 6.36. The van der Waals surface area contributed by atoms with Crippen LogP contribution >= 0.6 is 0 Å². The van der Waals surface area contributed by atoms with Crippen LogP contribution < -0.4 is 10.6 Å². The maximum absolute atomic E-state index is 12.2. The lowest BCUT2D eigenvalue weighted by molar-refractivity contribution is -0.137. The monoisotopic (exact) mass is 349 g/mol. The molecule has 1 saturated carbocycles.